The van der Waals surface area contributed by atoms with Crippen LogP contribution in [-0.4, -0.2) is 119 Å². The van der Waals surface area contributed by atoms with Crippen molar-refractivity contribution in [3.63, 3.8) is 0 Å². The van der Waals surface area contributed by atoms with E-state index in [0.717, 1.165) is 0 Å². The molecule has 0 aliphatic heterocycles. The summed E-state index contributed by atoms with van der Waals surface area (Å²) in [5.74, 6) is 0. The van der Waals surface area contributed by atoms with Crippen molar-refractivity contribution >= 4 is 119 Å². The number of quaternary nitrogens is 2. The molecule has 0 aromatic rings. The summed E-state index contributed by atoms with van der Waals surface area (Å²) in [6.45, 7) is 0. The van der Waals surface area contributed by atoms with Gasteiger partial charge in [0.2, 0.25) is 0 Å². The van der Waals surface area contributed by atoms with Crippen LogP contribution in [-0.2, 0) is 52.4 Å². The molecule has 0 radical (unpaired) electrons. The van der Waals surface area contributed by atoms with Crippen molar-refractivity contribution in [3.05, 3.63) is 0 Å². The van der Waals surface area contributed by atoms with E-state index in [4.69, 9.17) is 105 Å². The molecule has 0 saturated carbocycles. The van der Waals surface area contributed by atoms with Crippen molar-refractivity contribution in [1.29, 1.82) is 0 Å². The Bertz CT molecular complexity index is 334. The molecule has 0 aliphatic rings. The summed E-state index contributed by atoms with van der Waals surface area (Å²) in [6.07, 6.45) is -16.3. The maximum absolute atomic E-state index is 8.33. The van der Waals surface area contributed by atoms with Gasteiger partial charge < -0.3 is 117 Å². The SMILES string of the molecule is O=C([O-])[O-].O=C([O-])[O-].O=C([O-])[O-].O=C([O-])[O-].O=C([O-])[O-].O=C([O-])[O-].O=C([O-])[O-].[Ca+2].[Ca+2].[NH4+].[NH4+].[Zr+4].[Zr+4]. The zero-order valence-corrected chi connectivity index (χ0v) is 25.8. The fourth-order valence-corrected chi connectivity index (χ4v) is 0. The van der Waals surface area contributed by atoms with E-state index in [0.29, 0.717) is 0 Å². The average Bonchev–Trinajstić information content (AvgIpc) is 2.20. The summed E-state index contributed by atoms with van der Waals surface area (Å²) in [4.78, 5) is 58.3. The zero-order valence-electron chi connectivity index (χ0n) is 16.5. The number of hydrogen-bond donors (Lipinski definition) is 2. The van der Waals surface area contributed by atoms with Gasteiger partial charge in [-0.3, -0.25) is 0 Å². The minimum absolute atomic E-state index is 0. The number of carbonyl (C=O) groups is 7. The third kappa shape index (κ3) is 34400. The topological polar surface area (TPSA) is 515 Å². The van der Waals surface area contributed by atoms with E-state index in [1.807, 2.05) is 0 Å². The van der Waals surface area contributed by atoms with Gasteiger partial charge in [-0.2, -0.15) is 0 Å². The molecule has 0 aliphatic carbocycles. The van der Waals surface area contributed by atoms with Gasteiger partial charge in [-0.15, -0.1) is 0 Å². The quantitative estimate of drug-likeness (QED) is 0.219. The monoisotopic (exact) mass is 716 g/mol. The van der Waals surface area contributed by atoms with Gasteiger partial charge in [0.1, 0.15) is 0 Å². The first-order valence-electron chi connectivity index (χ1n) is 4.29. The molecule has 34 heavy (non-hydrogen) atoms. The summed E-state index contributed by atoms with van der Waals surface area (Å²) < 4.78 is 0. The minimum Gasteiger partial charge on any atom is -0.652 e. The van der Waals surface area contributed by atoms with Crippen LogP contribution < -0.4 is 83.8 Å². The van der Waals surface area contributed by atoms with Gasteiger partial charge in [0.15, 0.2) is 0 Å². The van der Waals surface area contributed by atoms with Crippen LogP contribution >= 0.6 is 0 Å². The Balaban J connectivity index is -0.0000000134. The van der Waals surface area contributed by atoms with Gasteiger partial charge in [-0.05, 0) is 43.1 Å². The largest absolute Gasteiger partial charge is 4.00 e. The molecule has 0 aromatic carbocycles. The zero-order chi connectivity index (χ0) is 25.0. The number of carboxylic acid groups (broad SMARTS) is 14. The Morgan fingerprint density at radius 2 is 0.265 bits per heavy atom. The van der Waals surface area contributed by atoms with Crippen LogP contribution in [0.1, 0.15) is 0 Å². The van der Waals surface area contributed by atoms with E-state index in [1.165, 1.54) is 0 Å². The van der Waals surface area contributed by atoms with Crippen molar-refractivity contribution in [3.8, 4) is 0 Å². The van der Waals surface area contributed by atoms with Crippen molar-refractivity contribution in [2.24, 2.45) is 0 Å². The fourth-order valence-electron chi connectivity index (χ4n) is 0. The van der Waals surface area contributed by atoms with Gasteiger partial charge in [0, 0.05) is 0 Å². The molecular weight excluding hydrogens is 711 g/mol. The molecular formula is C7H8Ca2N2O21Zr2. The third-order valence-corrected chi connectivity index (χ3v) is 0. The number of carbonyl (C=O) groups excluding carboxylic acids is 7. The first kappa shape index (κ1) is 84.4. The maximum Gasteiger partial charge on any atom is 4.00 e. The molecule has 0 rings (SSSR count). The van der Waals surface area contributed by atoms with Gasteiger partial charge in [0.05, 0.1) is 0 Å². The molecule has 27 heteroatoms. The molecule has 0 amide bonds. The van der Waals surface area contributed by atoms with E-state index in [2.05, 4.69) is 0 Å². The average molecular weight is 719 g/mol. The van der Waals surface area contributed by atoms with Gasteiger partial charge in [-0.25, -0.2) is 0 Å². The molecule has 8 N–H and O–H groups in total. The van der Waals surface area contributed by atoms with Crippen LogP contribution in [0.3, 0.4) is 0 Å². The van der Waals surface area contributed by atoms with Crippen molar-refractivity contribution in [1.82, 2.24) is 12.3 Å². The van der Waals surface area contributed by atoms with E-state index in [1.54, 1.807) is 0 Å². The molecule has 0 bridgehead atoms. The van der Waals surface area contributed by atoms with E-state index >= 15 is 0 Å². The fraction of sp³-hybridized carbons (Fsp3) is 0. The standard InChI is InChI=1S/7CH2O3.2Ca.2H3N.2Zr/c7*2-1(3)4;;;;;;/h7*(H2,2,3,4);;;2*1H3;;/q;;;;;;;2*+2;;;2*+4/p-12. The van der Waals surface area contributed by atoms with Crippen molar-refractivity contribution in [2.75, 3.05) is 0 Å². The van der Waals surface area contributed by atoms with Crippen LogP contribution in [0.5, 0.6) is 0 Å². The Kier molecular flexibility index (Phi) is 191. The van der Waals surface area contributed by atoms with Gasteiger partial charge in [0.25, 0.3) is 0 Å². The second kappa shape index (κ2) is 76.8. The molecule has 184 valence electrons. The molecule has 23 nitrogen and oxygen atoms in total. The predicted molar refractivity (Wildman–Crippen MR) is 61.2 cm³/mol. The molecule has 0 aromatic heterocycles. The van der Waals surface area contributed by atoms with Crippen LogP contribution in [0, 0.1) is 0 Å². The van der Waals surface area contributed by atoms with E-state index in [-0.39, 0.29) is 140 Å². The Morgan fingerprint density at radius 1 is 0.265 bits per heavy atom. The summed E-state index contributed by atoms with van der Waals surface area (Å²) >= 11 is 0. The Morgan fingerprint density at radius 3 is 0.265 bits per heavy atom. The first-order chi connectivity index (χ1) is 12.1. The van der Waals surface area contributed by atoms with E-state index < -0.39 is 43.1 Å². The molecule has 0 fully saturated rings. The summed E-state index contributed by atoms with van der Waals surface area (Å²) in [7, 11) is 0. The molecule has 0 spiro atoms. The molecule has 0 unspecified atom stereocenters. The third-order valence-electron chi connectivity index (χ3n) is 0. The van der Waals surface area contributed by atoms with Crippen LogP contribution in [0.25, 0.3) is 0 Å². The first-order valence-corrected chi connectivity index (χ1v) is 4.29. The second-order valence-electron chi connectivity index (χ2n) is 1.75. The minimum atomic E-state index is -2.33. The number of hydrogen-bond acceptors (Lipinski definition) is 21. The smallest absolute Gasteiger partial charge is 0.652 e. The molecule has 0 atom stereocenters. The Hall–Kier alpha value is -0.904. The van der Waals surface area contributed by atoms with Crippen LogP contribution in [0.15, 0.2) is 0 Å². The summed E-state index contributed by atoms with van der Waals surface area (Å²) in [6, 6.07) is 0. The van der Waals surface area contributed by atoms with Gasteiger partial charge in [-0.1, -0.05) is 0 Å². The van der Waals surface area contributed by atoms with Crippen LogP contribution in [0.2, 0.25) is 0 Å². The molecule has 0 saturated heterocycles. The summed E-state index contributed by atoms with van der Waals surface area (Å²) in [5.41, 5.74) is 0. The Labute approximate surface area is 284 Å². The predicted octanol–water partition coefficient (Wildman–Crippen LogP) is -17.1. The van der Waals surface area contributed by atoms with Crippen molar-refractivity contribution in [2.45, 2.75) is 0 Å². The number of rotatable bonds is 0. The van der Waals surface area contributed by atoms with Gasteiger partial charge >= 0.3 is 128 Å². The summed E-state index contributed by atoms with van der Waals surface area (Å²) in [5, 5.41) is 117. The maximum atomic E-state index is 8.33. The normalized spacial score (nSPS) is 4.94. The van der Waals surface area contributed by atoms with E-state index in [9.17, 15) is 0 Å². The second-order valence-corrected chi connectivity index (χ2v) is 1.75. The van der Waals surface area contributed by atoms with Crippen LogP contribution in [0.4, 0.5) is 33.6 Å². The molecule has 0 heterocycles. The van der Waals surface area contributed by atoms with Crippen molar-refractivity contribution < 1.29 is 157 Å².